The highest BCUT2D eigenvalue weighted by Crippen LogP contribution is 2.26. The molecular formula is C13H18Cl2N4O. The van der Waals surface area contributed by atoms with Crippen LogP contribution in [-0.2, 0) is 4.79 Å². The van der Waals surface area contributed by atoms with Crippen LogP contribution in [0.25, 0.3) is 0 Å². The number of pyridine rings is 1. The Labute approximate surface area is 128 Å². The Balaban J connectivity index is 1.95. The van der Waals surface area contributed by atoms with E-state index in [4.69, 9.17) is 28.9 Å². The SMILES string of the molecule is Cc1cc(Cl)nc(Cl)c1NC(=O)CN1CCC(N)CC1. The lowest BCUT2D eigenvalue weighted by atomic mass is 10.1. The molecule has 20 heavy (non-hydrogen) atoms. The molecule has 0 aliphatic carbocycles. The van der Waals surface area contributed by atoms with Gasteiger partial charge in [0.05, 0.1) is 12.2 Å². The molecule has 0 atom stereocenters. The summed E-state index contributed by atoms with van der Waals surface area (Å²) in [6.07, 6.45) is 1.85. The number of aryl methyl sites for hydroxylation is 1. The highest BCUT2D eigenvalue weighted by Gasteiger charge is 2.19. The zero-order valence-corrected chi connectivity index (χ0v) is 12.8. The molecular weight excluding hydrogens is 299 g/mol. The molecule has 2 heterocycles. The third-order valence-corrected chi connectivity index (χ3v) is 3.87. The molecule has 7 heteroatoms. The Bertz CT molecular complexity index is 478. The van der Waals surface area contributed by atoms with Gasteiger partial charge in [0.1, 0.15) is 5.15 Å². The molecule has 1 saturated heterocycles. The molecule has 1 amide bonds. The van der Waals surface area contributed by atoms with Gasteiger partial charge < -0.3 is 11.1 Å². The van der Waals surface area contributed by atoms with Gasteiger partial charge in [-0.05, 0) is 31.4 Å². The predicted molar refractivity (Wildman–Crippen MR) is 81.3 cm³/mol. The number of nitrogens with one attached hydrogen (secondary N) is 1. The molecule has 1 aromatic heterocycles. The Morgan fingerprint density at radius 2 is 2.15 bits per heavy atom. The highest BCUT2D eigenvalue weighted by atomic mass is 35.5. The number of halogens is 2. The summed E-state index contributed by atoms with van der Waals surface area (Å²) in [5.74, 6) is -0.102. The maximum Gasteiger partial charge on any atom is 0.238 e. The van der Waals surface area contributed by atoms with Crippen LogP contribution in [0, 0.1) is 6.92 Å². The van der Waals surface area contributed by atoms with E-state index in [0.29, 0.717) is 17.4 Å². The van der Waals surface area contributed by atoms with E-state index >= 15 is 0 Å². The molecule has 1 fully saturated rings. The average molecular weight is 317 g/mol. The summed E-state index contributed by atoms with van der Waals surface area (Å²) in [6.45, 7) is 3.86. The van der Waals surface area contributed by atoms with Crippen LogP contribution in [0.4, 0.5) is 5.69 Å². The third kappa shape index (κ3) is 4.06. The molecule has 0 aromatic carbocycles. The molecule has 0 unspecified atom stereocenters. The number of hydrogen-bond donors (Lipinski definition) is 2. The number of piperidine rings is 1. The third-order valence-electron chi connectivity index (χ3n) is 3.41. The number of rotatable bonds is 3. The summed E-state index contributed by atoms with van der Waals surface area (Å²) in [5.41, 5.74) is 7.16. The summed E-state index contributed by atoms with van der Waals surface area (Å²) in [4.78, 5) is 18.1. The quantitative estimate of drug-likeness (QED) is 0.837. The first-order chi connectivity index (χ1) is 9.45. The Hall–Kier alpha value is -0.880. The number of carbonyl (C=O) groups excluding carboxylic acids is 1. The Kier molecular flexibility index (Phi) is 5.21. The summed E-state index contributed by atoms with van der Waals surface area (Å²) in [5, 5.41) is 3.33. The van der Waals surface area contributed by atoms with Crippen LogP contribution in [0.15, 0.2) is 6.07 Å². The molecule has 1 aliphatic heterocycles. The van der Waals surface area contributed by atoms with Crippen LogP contribution in [0.1, 0.15) is 18.4 Å². The fourth-order valence-electron chi connectivity index (χ4n) is 2.24. The van der Waals surface area contributed by atoms with Gasteiger partial charge in [-0.1, -0.05) is 23.2 Å². The molecule has 2 rings (SSSR count). The molecule has 0 saturated carbocycles. The van der Waals surface area contributed by atoms with Crippen LogP contribution >= 0.6 is 23.2 Å². The molecule has 0 spiro atoms. The van der Waals surface area contributed by atoms with Crippen molar-refractivity contribution in [3.63, 3.8) is 0 Å². The van der Waals surface area contributed by atoms with Crippen molar-refractivity contribution in [3.05, 3.63) is 21.9 Å². The van der Waals surface area contributed by atoms with Crippen LogP contribution in [0.5, 0.6) is 0 Å². The van der Waals surface area contributed by atoms with E-state index in [2.05, 4.69) is 15.2 Å². The number of aromatic nitrogens is 1. The lowest BCUT2D eigenvalue weighted by molar-refractivity contribution is -0.117. The van der Waals surface area contributed by atoms with E-state index in [0.717, 1.165) is 31.5 Å². The minimum absolute atomic E-state index is 0.102. The summed E-state index contributed by atoms with van der Waals surface area (Å²) < 4.78 is 0. The second kappa shape index (κ2) is 6.72. The number of hydrogen-bond acceptors (Lipinski definition) is 4. The topological polar surface area (TPSA) is 71.2 Å². The van der Waals surface area contributed by atoms with Gasteiger partial charge in [0.2, 0.25) is 5.91 Å². The van der Waals surface area contributed by atoms with Crippen molar-refractivity contribution in [2.24, 2.45) is 5.73 Å². The number of amides is 1. The molecule has 3 N–H and O–H groups in total. The van der Waals surface area contributed by atoms with Gasteiger partial charge in [-0.25, -0.2) is 4.98 Å². The highest BCUT2D eigenvalue weighted by molar-refractivity contribution is 6.34. The largest absolute Gasteiger partial charge is 0.328 e. The number of nitrogens with zero attached hydrogens (tertiary/aromatic N) is 2. The van der Waals surface area contributed by atoms with Crippen molar-refractivity contribution in [3.8, 4) is 0 Å². The number of carbonyl (C=O) groups is 1. The fourth-order valence-corrected chi connectivity index (χ4v) is 2.82. The van der Waals surface area contributed by atoms with Crippen molar-refractivity contribution in [1.82, 2.24) is 9.88 Å². The Morgan fingerprint density at radius 1 is 1.50 bits per heavy atom. The smallest absolute Gasteiger partial charge is 0.238 e. The van der Waals surface area contributed by atoms with Gasteiger partial charge >= 0.3 is 0 Å². The van der Waals surface area contributed by atoms with E-state index in [1.165, 1.54) is 0 Å². The van der Waals surface area contributed by atoms with Gasteiger partial charge in [-0.15, -0.1) is 0 Å². The van der Waals surface area contributed by atoms with E-state index in [9.17, 15) is 4.79 Å². The van der Waals surface area contributed by atoms with Crippen LogP contribution in [-0.4, -0.2) is 41.5 Å². The molecule has 110 valence electrons. The summed E-state index contributed by atoms with van der Waals surface area (Å²) >= 11 is 11.8. The molecule has 5 nitrogen and oxygen atoms in total. The van der Waals surface area contributed by atoms with Gasteiger partial charge in [0.15, 0.2) is 5.15 Å². The van der Waals surface area contributed by atoms with Crippen LogP contribution in [0.2, 0.25) is 10.3 Å². The summed E-state index contributed by atoms with van der Waals surface area (Å²) in [6, 6.07) is 1.93. The lowest BCUT2D eigenvalue weighted by Gasteiger charge is -2.29. The van der Waals surface area contributed by atoms with Gasteiger partial charge in [0.25, 0.3) is 0 Å². The lowest BCUT2D eigenvalue weighted by Crippen LogP contribution is -2.43. The minimum Gasteiger partial charge on any atom is -0.328 e. The first-order valence-electron chi connectivity index (χ1n) is 6.56. The van der Waals surface area contributed by atoms with Crippen molar-refractivity contribution < 1.29 is 4.79 Å². The second-order valence-corrected chi connectivity index (χ2v) is 5.83. The fraction of sp³-hybridized carbons (Fsp3) is 0.538. The number of anilines is 1. The van der Waals surface area contributed by atoms with Gasteiger partial charge in [-0.2, -0.15) is 0 Å². The van der Waals surface area contributed by atoms with E-state index in [-0.39, 0.29) is 17.1 Å². The van der Waals surface area contributed by atoms with E-state index in [1.54, 1.807) is 6.07 Å². The summed E-state index contributed by atoms with van der Waals surface area (Å²) in [7, 11) is 0. The van der Waals surface area contributed by atoms with E-state index in [1.807, 2.05) is 6.92 Å². The Morgan fingerprint density at radius 3 is 2.75 bits per heavy atom. The van der Waals surface area contributed by atoms with Crippen molar-refractivity contribution in [2.75, 3.05) is 25.0 Å². The molecule has 1 aromatic rings. The first-order valence-corrected chi connectivity index (χ1v) is 7.31. The van der Waals surface area contributed by atoms with Crippen molar-refractivity contribution >= 4 is 34.8 Å². The molecule has 0 radical (unpaired) electrons. The zero-order valence-electron chi connectivity index (χ0n) is 11.3. The monoisotopic (exact) mass is 316 g/mol. The standard InChI is InChI=1S/C13H18Cl2N4O/c1-8-6-10(14)17-13(15)12(8)18-11(20)7-19-4-2-9(16)3-5-19/h6,9H,2-5,7,16H2,1H3,(H,18,20). The van der Waals surface area contributed by atoms with Gasteiger partial charge in [-0.3, -0.25) is 9.69 Å². The van der Waals surface area contributed by atoms with Gasteiger partial charge in [0, 0.05) is 19.1 Å². The first kappa shape index (κ1) is 15.5. The van der Waals surface area contributed by atoms with Crippen molar-refractivity contribution in [1.29, 1.82) is 0 Å². The minimum atomic E-state index is -0.102. The second-order valence-electron chi connectivity index (χ2n) is 5.09. The average Bonchev–Trinajstić information content (AvgIpc) is 2.36. The maximum absolute atomic E-state index is 12.0. The van der Waals surface area contributed by atoms with Crippen LogP contribution in [0.3, 0.4) is 0 Å². The van der Waals surface area contributed by atoms with E-state index < -0.39 is 0 Å². The number of likely N-dealkylation sites (tertiary alicyclic amines) is 1. The number of nitrogens with two attached hydrogens (primary N) is 1. The zero-order chi connectivity index (χ0) is 14.7. The van der Waals surface area contributed by atoms with Crippen LogP contribution < -0.4 is 11.1 Å². The predicted octanol–water partition coefficient (Wildman–Crippen LogP) is 2.06. The molecule has 0 bridgehead atoms. The molecule has 1 aliphatic rings. The van der Waals surface area contributed by atoms with Crippen molar-refractivity contribution in [2.45, 2.75) is 25.8 Å². The normalized spacial score (nSPS) is 17.2. The maximum atomic E-state index is 12.0.